The van der Waals surface area contributed by atoms with E-state index in [-0.39, 0.29) is 0 Å². The Balaban J connectivity index is 0.000000132. The van der Waals surface area contributed by atoms with Crippen LogP contribution >= 0.6 is 0 Å². The van der Waals surface area contributed by atoms with Crippen LogP contribution in [0.3, 0.4) is 0 Å². The second-order valence-electron chi connectivity index (χ2n) is 2.90. The van der Waals surface area contributed by atoms with Crippen LogP contribution in [-0.4, -0.2) is 9.55 Å². The largest absolute Gasteiger partial charge is 0.365 e. The summed E-state index contributed by atoms with van der Waals surface area (Å²) in [6.45, 7) is 2.13. The molecule has 0 aliphatic rings. The summed E-state index contributed by atoms with van der Waals surface area (Å²) in [5.41, 5.74) is 1.31. The summed E-state index contributed by atoms with van der Waals surface area (Å²) in [4.78, 5) is 3.09. The first-order valence-corrected chi connectivity index (χ1v) is 4.52. The van der Waals surface area contributed by atoms with Crippen molar-refractivity contribution >= 4 is 0 Å². The Morgan fingerprint density at radius 1 is 1.23 bits per heavy atom. The zero-order valence-corrected chi connectivity index (χ0v) is 8.20. The fourth-order valence-corrected chi connectivity index (χ4v) is 1.01. The minimum absolute atomic E-state index is 1.10. The first kappa shape index (κ1) is 9.65. The van der Waals surface area contributed by atoms with Crippen LogP contribution in [0, 0.1) is 0 Å². The van der Waals surface area contributed by atoms with Gasteiger partial charge in [-0.3, -0.25) is 0 Å². The lowest BCUT2D eigenvalue weighted by Gasteiger charge is -1.81. The first-order chi connectivity index (χ1) is 6.33. The number of rotatable bonds is 1. The van der Waals surface area contributed by atoms with Crippen molar-refractivity contribution < 1.29 is 0 Å². The van der Waals surface area contributed by atoms with Crippen molar-refractivity contribution in [2.45, 2.75) is 13.3 Å². The van der Waals surface area contributed by atoms with Crippen LogP contribution in [0.5, 0.6) is 0 Å². The van der Waals surface area contributed by atoms with E-state index in [1.165, 1.54) is 5.69 Å². The van der Waals surface area contributed by atoms with Gasteiger partial charge in [-0.25, -0.2) is 0 Å². The zero-order chi connectivity index (χ0) is 9.52. The van der Waals surface area contributed by atoms with Crippen molar-refractivity contribution in [2.24, 2.45) is 7.05 Å². The smallest absolute Gasteiger partial charge is 0.0144 e. The maximum Gasteiger partial charge on any atom is 0.0144 e. The second kappa shape index (κ2) is 5.25. The Labute approximate surface area is 79.2 Å². The van der Waals surface area contributed by atoms with E-state index in [0.29, 0.717) is 0 Å². The molecule has 2 aromatic heterocycles. The predicted molar refractivity (Wildman–Crippen MR) is 55.6 cm³/mol. The standard InChI is InChI=1S/C6H9N.C5H7N/c1-2-6-4-3-5-7-6;1-6-4-2-3-5-6/h3-5,7H,2H2,1H3;2-5H,1H3. The molecule has 0 fully saturated rings. The van der Waals surface area contributed by atoms with Gasteiger partial charge < -0.3 is 9.55 Å². The minimum atomic E-state index is 1.10. The van der Waals surface area contributed by atoms with Gasteiger partial charge in [0.1, 0.15) is 0 Å². The van der Waals surface area contributed by atoms with Crippen molar-refractivity contribution in [2.75, 3.05) is 0 Å². The average molecular weight is 176 g/mol. The van der Waals surface area contributed by atoms with Crippen LogP contribution in [0.25, 0.3) is 0 Å². The van der Waals surface area contributed by atoms with Gasteiger partial charge in [0, 0.05) is 31.3 Å². The lowest BCUT2D eigenvalue weighted by atomic mass is 10.4. The molecular weight excluding hydrogens is 160 g/mol. The fraction of sp³-hybridized carbons (Fsp3) is 0.273. The third-order valence-corrected chi connectivity index (χ3v) is 1.80. The molecule has 0 radical (unpaired) electrons. The molecule has 0 unspecified atom stereocenters. The molecule has 0 aliphatic carbocycles. The Morgan fingerprint density at radius 2 is 1.92 bits per heavy atom. The van der Waals surface area contributed by atoms with Crippen molar-refractivity contribution in [3.8, 4) is 0 Å². The van der Waals surface area contributed by atoms with Crippen LogP contribution in [0.2, 0.25) is 0 Å². The van der Waals surface area contributed by atoms with Crippen LogP contribution in [-0.2, 0) is 13.5 Å². The molecule has 70 valence electrons. The fourth-order valence-electron chi connectivity index (χ4n) is 1.01. The molecule has 0 atom stereocenters. The molecule has 2 heteroatoms. The Morgan fingerprint density at radius 3 is 2.15 bits per heavy atom. The highest BCUT2D eigenvalue weighted by molar-refractivity contribution is 5.02. The van der Waals surface area contributed by atoms with Gasteiger partial charge in [-0.15, -0.1) is 0 Å². The maximum absolute atomic E-state index is 3.09. The second-order valence-corrected chi connectivity index (χ2v) is 2.90. The van der Waals surface area contributed by atoms with Gasteiger partial charge in [0.15, 0.2) is 0 Å². The normalized spacial score (nSPS) is 9.08. The highest BCUT2D eigenvalue weighted by Crippen LogP contribution is 1.92. The third kappa shape index (κ3) is 3.65. The number of nitrogens with zero attached hydrogens (tertiary/aromatic N) is 1. The van der Waals surface area contributed by atoms with E-state index in [1.54, 1.807) is 0 Å². The summed E-state index contributed by atoms with van der Waals surface area (Å²) < 4.78 is 2.00. The van der Waals surface area contributed by atoms with Crippen LogP contribution in [0.1, 0.15) is 12.6 Å². The van der Waals surface area contributed by atoms with E-state index < -0.39 is 0 Å². The van der Waals surface area contributed by atoms with Crippen molar-refractivity contribution in [1.82, 2.24) is 9.55 Å². The highest BCUT2D eigenvalue weighted by atomic mass is 14.9. The molecular formula is C11H16N2. The molecule has 0 saturated carbocycles. The van der Waals surface area contributed by atoms with E-state index in [1.807, 2.05) is 48.4 Å². The number of hydrogen-bond acceptors (Lipinski definition) is 0. The van der Waals surface area contributed by atoms with E-state index >= 15 is 0 Å². The summed E-state index contributed by atoms with van der Waals surface area (Å²) in [6.07, 6.45) is 7.05. The molecule has 0 aliphatic heterocycles. The molecule has 0 spiro atoms. The number of aromatic nitrogens is 2. The summed E-state index contributed by atoms with van der Waals surface area (Å²) in [7, 11) is 2.00. The minimum Gasteiger partial charge on any atom is -0.365 e. The van der Waals surface area contributed by atoms with Crippen molar-refractivity contribution in [3.05, 3.63) is 48.5 Å². The quantitative estimate of drug-likeness (QED) is 0.689. The van der Waals surface area contributed by atoms with E-state index in [4.69, 9.17) is 0 Å². The molecule has 0 saturated heterocycles. The summed E-state index contributed by atoms with van der Waals surface area (Å²) in [5.74, 6) is 0. The zero-order valence-electron chi connectivity index (χ0n) is 8.20. The van der Waals surface area contributed by atoms with Gasteiger partial charge in [-0.2, -0.15) is 0 Å². The monoisotopic (exact) mass is 176 g/mol. The maximum atomic E-state index is 3.09. The summed E-state index contributed by atoms with van der Waals surface area (Å²) >= 11 is 0. The molecule has 13 heavy (non-hydrogen) atoms. The summed E-state index contributed by atoms with van der Waals surface area (Å²) in [6, 6.07) is 8.10. The van der Waals surface area contributed by atoms with E-state index in [9.17, 15) is 0 Å². The van der Waals surface area contributed by atoms with Gasteiger partial charge in [0.2, 0.25) is 0 Å². The highest BCUT2D eigenvalue weighted by Gasteiger charge is 1.80. The first-order valence-electron chi connectivity index (χ1n) is 4.52. The molecule has 0 bridgehead atoms. The molecule has 2 aromatic rings. The number of H-pyrrole nitrogens is 1. The lowest BCUT2D eigenvalue weighted by molar-refractivity contribution is 0.928. The number of aromatic amines is 1. The molecule has 2 nitrogen and oxygen atoms in total. The topological polar surface area (TPSA) is 20.7 Å². The Hall–Kier alpha value is -1.44. The van der Waals surface area contributed by atoms with Crippen LogP contribution < -0.4 is 0 Å². The molecule has 0 amide bonds. The molecule has 1 N–H and O–H groups in total. The third-order valence-electron chi connectivity index (χ3n) is 1.80. The van der Waals surface area contributed by atoms with Crippen molar-refractivity contribution in [3.63, 3.8) is 0 Å². The SMILES string of the molecule is CCc1ccc[nH]1.Cn1cccc1. The van der Waals surface area contributed by atoms with E-state index in [0.717, 1.165) is 6.42 Å². The average Bonchev–Trinajstić information content (AvgIpc) is 2.76. The van der Waals surface area contributed by atoms with Gasteiger partial charge in [-0.05, 0) is 30.7 Å². The predicted octanol–water partition coefficient (Wildman–Crippen LogP) is 2.60. The van der Waals surface area contributed by atoms with Crippen molar-refractivity contribution in [1.29, 1.82) is 0 Å². The molecule has 0 aromatic carbocycles. The molecule has 2 rings (SSSR count). The van der Waals surface area contributed by atoms with Gasteiger partial charge in [0.05, 0.1) is 0 Å². The Bertz CT molecular complexity index is 293. The van der Waals surface area contributed by atoms with Crippen LogP contribution in [0.4, 0.5) is 0 Å². The number of nitrogens with one attached hydrogen (secondary N) is 1. The molecule has 2 heterocycles. The van der Waals surface area contributed by atoms with Gasteiger partial charge >= 0.3 is 0 Å². The van der Waals surface area contributed by atoms with Gasteiger partial charge in [-0.1, -0.05) is 6.92 Å². The lowest BCUT2D eigenvalue weighted by Crippen LogP contribution is -1.75. The van der Waals surface area contributed by atoms with E-state index in [2.05, 4.69) is 18.0 Å². The number of hydrogen-bond donors (Lipinski definition) is 1. The van der Waals surface area contributed by atoms with Gasteiger partial charge in [0.25, 0.3) is 0 Å². The summed E-state index contributed by atoms with van der Waals surface area (Å²) in [5, 5.41) is 0. The number of aryl methyl sites for hydroxylation is 2. The Kier molecular flexibility index (Phi) is 3.89. The van der Waals surface area contributed by atoms with Crippen LogP contribution in [0.15, 0.2) is 42.9 Å².